The van der Waals surface area contributed by atoms with Gasteiger partial charge in [-0.25, -0.2) is 8.78 Å². The summed E-state index contributed by atoms with van der Waals surface area (Å²) in [7, 11) is 0. The maximum Gasteiger partial charge on any atom is 0.219 e. The molecule has 3 rings (SSSR count). The first-order valence-electron chi connectivity index (χ1n) is 7.47. The smallest absolute Gasteiger partial charge is 0.219 e. The molecule has 0 bridgehead atoms. The van der Waals surface area contributed by atoms with E-state index in [2.05, 4.69) is 5.32 Å². The second-order valence-electron chi connectivity index (χ2n) is 5.50. The van der Waals surface area contributed by atoms with Crippen LogP contribution in [0.25, 0.3) is 0 Å². The molecule has 1 unspecified atom stereocenters. The van der Waals surface area contributed by atoms with Crippen molar-refractivity contribution in [2.45, 2.75) is 12.6 Å². The molecule has 2 aromatic rings. The minimum atomic E-state index is -1.02. The summed E-state index contributed by atoms with van der Waals surface area (Å²) >= 11 is 0. The zero-order valence-electron chi connectivity index (χ0n) is 13.0. The third-order valence-corrected chi connectivity index (χ3v) is 3.82. The lowest BCUT2D eigenvalue weighted by Gasteiger charge is -2.43. The number of nitrogens with zero attached hydrogens (tertiary/aromatic N) is 1. The van der Waals surface area contributed by atoms with E-state index in [-0.39, 0.29) is 17.5 Å². The fourth-order valence-electron chi connectivity index (χ4n) is 2.80. The van der Waals surface area contributed by atoms with Crippen LogP contribution in [0.4, 0.5) is 14.5 Å². The van der Waals surface area contributed by atoms with Crippen LogP contribution in [0.3, 0.4) is 0 Å². The summed E-state index contributed by atoms with van der Waals surface area (Å²) in [5.41, 5.74) is 0.352. The predicted octanol–water partition coefficient (Wildman–Crippen LogP) is 3.84. The van der Waals surface area contributed by atoms with Crippen LogP contribution in [0.15, 0.2) is 73.0 Å². The standard InChI is InChI=1S/C19H16F2N2O/c1-14(24)22-19(15-4-6-16(20)7-5-15)12-2-3-13-23(19)18-10-8-17(21)9-11-18/h2-13H,1H3,(H,22,24). The van der Waals surface area contributed by atoms with Crippen molar-refractivity contribution in [1.29, 1.82) is 0 Å². The quantitative estimate of drug-likeness (QED) is 0.929. The van der Waals surface area contributed by atoms with E-state index >= 15 is 0 Å². The normalized spacial score (nSPS) is 19.4. The second kappa shape index (κ2) is 6.28. The van der Waals surface area contributed by atoms with Gasteiger partial charge in [0.2, 0.25) is 5.91 Å². The van der Waals surface area contributed by atoms with Crippen molar-refractivity contribution in [2.24, 2.45) is 0 Å². The molecule has 1 aliphatic heterocycles. The van der Waals surface area contributed by atoms with Gasteiger partial charge in [0.15, 0.2) is 5.66 Å². The van der Waals surface area contributed by atoms with Crippen molar-refractivity contribution in [3.05, 3.63) is 90.2 Å². The maximum atomic E-state index is 13.3. The fourth-order valence-corrected chi connectivity index (χ4v) is 2.80. The van der Waals surface area contributed by atoms with Gasteiger partial charge < -0.3 is 10.2 Å². The van der Waals surface area contributed by atoms with Gasteiger partial charge in [0.25, 0.3) is 0 Å². The van der Waals surface area contributed by atoms with Crippen molar-refractivity contribution >= 4 is 11.6 Å². The van der Waals surface area contributed by atoms with Gasteiger partial charge >= 0.3 is 0 Å². The Morgan fingerprint density at radius 3 is 2.12 bits per heavy atom. The summed E-state index contributed by atoms with van der Waals surface area (Å²) in [6.45, 7) is 1.42. The molecule has 5 heteroatoms. The largest absolute Gasteiger partial charge is 0.326 e. The van der Waals surface area contributed by atoms with Crippen molar-refractivity contribution in [1.82, 2.24) is 5.32 Å². The number of carbonyl (C=O) groups is 1. The van der Waals surface area contributed by atoms with Gasteiger partial charge in [0.1, 0.15) is 11.6 Å². The molecule has 0 aromatic heterocycles. The molecule has 0 radical (unpaired) electrons. The highest BCUT2D eigenvalue weighted by molar-refractivity contribution is 5.76. The first-order valence-corrected chi connectivity index (χ1v) is 7.47. The zero-order chi connectivity index (χ0) is 17.2. The number of hydrogen-bond donors (Lipinski definition) is 1. The number of rotatable bonds is 3. The number of nitrogens with one attached hydrogen (secondary N) is 1. The number of anilines is 1. The Kier molecular flexibility index (Phi) is 4.16. The molecule has 1 N–H and O–H groups in total. The van der Waals surface area contributed by atoms with Crippen molar-refractivity contribution in [3.63, 3.8) is 0 Å². The molecule has 1 aliphatic rings. The van der Waals surface area contributed by atoms with Crippen LogP contribution in [-0.4, -0.2) is 5.91 Å². The monoisotopic (exact) mass is 326 g/mol. The summed E-state index contributed by atoms with van der Waals surface area (Å²) < 4.78 is 26.6. The molecular weight excluding hydrogens is 310 g/mol. The van der Waals surface area contributed by atoms with E-state index < -0.39 is 5.66 Å². The number of halogens is 2. The van der Waals surface area contributed by atoms with Gasteiger partial charge in [-0.2, -0.15) is 0 Å². The first-order chi connectivity index (χ1) is 11.5. The predicted molar refractivity (Wildman–Crippen MR) is 89.1 cm³/mol. The SMILES string of the molecule is CC(=O)NC1(c2ccc(F)cc2)C=CC=CN1c1ccc(F)cc1. The molecular formula is C19H16F2N2O. The molecule has 0 saturated carbocycles. The molecule has 0 fully saturated rings. The number of amides is 1. The molecule has 1 atom stereocenters. The summed E-state index contributed by atoms with van der Waals surface area (Å²) in [5.74, 6) is -0.950. The number of carbonyl (C=O) groups excluding carboxylic acids is 1. The summed E-state index contributed by atoms with van der Waals surface area (Å²) in [6, 6.07) is 11.9. The van der Waals surface area contributed by atoms with Crippen LogP contribution in [0, 0.1) is 11.6 Å². The van der Waals surface area contributed by atoms with Crippen LogP contribution < -0.4 is 10.2 Å². The van der Waals surface area contributed by atoms with Gasteiger partial charge in [0.05, 0.1) is 0 Å². The van der Waals surface area contributed by atoms with Gasteiger partial charge in [-0.15, -0.1) is 0 Å². The summed E-state index contributed by atoms with van der Waals surface area (Å²) in [5, 5.41) is 2.93. The highest BCUT2D eigenvalue weighted by Crippen LogP contribution is 2.35. The Morgan fingerprint density at radius 1 is 0.958 bits per heavy atom. The number of benzene rings is 2. The van der Waals surface area contributed by atoms with E-state index in [1.807, 2.05) is 12.2 Å². The number of hydrogen-bond acceptors (Lipinski definition) is 2. The Labute approximate surface area is 138 Å². The van der Waals surface area contributed by atoms with Crippen LogP contribution in [0.2, 0.25) is 0 Å². The highest BCUT2D eigenvalue weighted by atomic mass is 19.1. The van der Waals surface area contributed by atoms with Gasteiger partial charge in [-0.05, 0) is 48.6 Å². The topological polar surface area (TPSA) is 32.3 Å². The van der Waals surface area contributed by atoms with Gasteiger partial charge in [0, 0.05) is 24.4 Å². The lowest BCUT2D eigenvalue weighted by atomic mass is 9.94. The van der Waals surface area contributed by atoms with E-state index in [0.717, 1.165) is 0 Å². The average molecular weight is 326 g/mol. The van der Waals surface area contributed by atoms with E-state index in [1.165, 1.54) is 31.2 Å². The molecule has 0 aliphatic carbocycles. The van der Waals surface area contributed by atoms with E-state index in [0.29, 0.717) is 11.3 Å². The van der Waals surface area contributed by atoms with Crippen LogP contribution in [0.5, 0.6) is 0 Å². The molecule has 1 heterocycles. The summed E-state index contributed by atoms with van der Waals surface area (Å²) in [4.78, 5) is 13.7. The van der Waals surface area contributed by atoms with Crippen molar-refractivity contribution < 1.29 is 13.6 Å². The average Bonchev–Trinajstić information content (AvgIpc) is 2.56. The van der Waals surface area contributed by atoms with Gasteiger partial charge in [-0.3, -0.25) is 4.79 Å². The third-order valence-electron chi connectivity index (χ3n) is 3.82. The Bertz CT molecular complexity index is 797. The van der Waals surface area contributed by atoms with Crippen molar-refractivity contribution in [3.8, 4) is 0 Å². The van der Waals surface area contributed by atoms with E-state index in [1.54, 1.807) is 41.4 Å². The Balaban J connectivity index is 2.15. The van der Waals surface area contributed by atoms with E-state index in [4.69, 9.17) is 0 Å². The lowest BCUT2D eigenvalue weighted by molar-refractivity contribution is -0.120. The minimum absolute atomic E-state index is 0.244. The third kappa shape index (κ3) is 2.93. The van der Waals surface area contributed by atoms with Crippen LogP contribution >= 0.6 is 0 Å². The number of allylic oxidation sites excluding steroid dienone is 2. The Morgan fingerprint density at radius 2 is 1.54 bits per heavy atom. The maximum absolute atomic E-state index is 13.3. The molecule has 0 spiro atoms. The fraction of sp³-hybridized carbons (Fsp3) is 0.105. The molecule has 122 valence electrons. The first kappa shape index (κ1) is 15.9. The van der Waals surface area contributed by atoms with Gasteiger partial charge in [-0.1, -0.05) is 18.2 Å². The minimum Gasteiger partial charge on any atom is -0.326 e. The summed E-state index contributed by atoms with van der Waals surface area (Å²) in [6.07, 6.45) is 7.21. The molecule has 3 nitrogen and oxygen atoms in total. The van der Waals surface area contributed by atoms with Crippen molar-refractivity contribution in [2.75, 3.05) is 4.90 Å². The molecule has 24 heavy (non-hydrogen) atoms. The highest BCUT2D eigenvalue weighted by Gasteiger charge is 2.37. The molecule has 2 aromatic carbocycles. The van der Waals surface area contributed by atoms with E-state index in [9.17, 15) is 13.6 Å². The molecule has 1 amide bonds. The second-order valence-corrected chi connectivity index (χ2v) is 5.50. The lowest BCUT2D eigenvalue weighted by Crippen LogP contribution is -2.55. The van der Waals surface area contributed by atoms with Crippen LogP contribution in [-0.2, 0) is 10.5 Å². The Hall–Kier alpha value is -2.95. The zero-order valence-corrected chi connectivity index (χ0v) is 13.0. The van der Waals surface area contributed by atoms with Crippen LogP contribution in [0.1, 0.15) is 12.5 Å². The molecule has 0 saturated heterocycles.